The molecule has 0 aromatic heterocycles. The average molecular weight is 445 g/mol. The minimum absolute atomic E-state index is 0.349. The van der Waals surface area contributed by atoms with Crippen LogP contribution in [0, 0.1) is 0 Å². The Kier molecular flexibility index (Phi) is 17.9. The molecular formula is C25H51NO3P+. The van der Waals surface area contributed by atoms with Crippen LogP contribution in [-0.2, 0) is 9.09 Å². The van der Waals surface area contributed by atoms with Crippen LogP contribution in [0.1, 0.15) is 104 Å². The molecule has 0 aromatic carbocycles. The number of allylic oxidation sites excluding steroid dienone is 4. The van der Waals surface area contributed by atoms with Crippen molar-refractivity contribution < 1.29 is 18.5 Å². The van der Waals surface area contributed by atoms with E-state index in [1.54, 1.807) is 0 Å². The first-order chi connectivity index (χ1) is 14.3. The summed E-state index contributed by atoms with van der Waals surface area (Å²) in [5.41, 5.74) is 0. The fraction of sp³-hybridized carbons (Fsp3) is 0.840. The van der Waals surface area contributed by atoms with E-state index >= 15 is 0 Å². The molecule has 0 aromatic rings. The van der Waals surface area contributed by atoms with Gasteiger partial charge in [-0.05, 0) is 64.2 Å². The monoisotopic (exact) mass is 444 g/mol. The van der Waals surface area contributed by atoms with Gasteiger partial charge in [0.25, 0.3) is 0 Å². The van der Waals surface area contributed by atoms with Gasteiger partial charge in [-0.3, -0.25) is 4.57 Å². The molecule has 0 aliphatic heterocycles. The number of nitrogens with zero attached hydrogens (tertiary/aromatic N) is 1. The number of rotatable bonds is 20. The van der Waals surface area contributed by atoms with Crippen LogP contribution in [0.25, 0.3) is 0 Å². The second-order valence-electron chi connectivity index (χ2n) is 9.36. The van der Waals surface area contributed by atoms with Gasteiger partial charge < -0.3 is 13.9 Å². The molecule has 178 valence electrons. The minimum Gasteiger partial charge on any atom is -0.320 e. The van der Waals surface area contributed by atoms with E-state index in [4.69, 9.17) is 4.52 Å². The molecule has 0 saturated heterocycles. The first-order valence-electron chi connectivity index (χ1n) is 12.3. The summed E-state index contributed by atoms with van der Waals surface area (Å²) in [5.74, 6) is -0.349. The Morgan fingerprint density at radius 1 is 0.767 bits per heavy atom. The Labute approximate surface area is 187 Å². The van der Waals surface area contributed by atoms with Crippen LogP contribution < -0.4 is 0 Å². The minimum atomic E-state index is -3.58. The normalized spacial score (nSPS) is 15.8. The number of hydrogen-bond donors (Lipinski definition) is 1. The van der Waals surface area contributed by atoms with E-state index < -0.39 is 7.60 Å². The molecule has 0 rings (SSSR count). The molecule has 5 heteroatoms. The molecule has 2 atom stereocenters. The van der Waals surface area contributed by atoms with E-state index in [0.717, 1.165) is 32.1 Å². The molecule has 0 saturated carbocycles. The predicted molar refractivity (Wildman–Crippen MR) is 132 cm³/mol. The van der Waals surface area contributed by atoms with Gasteiger partial charge in [0, 0.05) is 6.42 Å². The van der Waals surface area contributed by atoms with Gasteiger partial charge in [-0.25, -0.2) is 0 Å². The first kappa shape index (κ1) is 29.6. The standard InChI is InChI=1S/C25H50NO3P/c1-6-8-9-10-11-12-13-14-15-16-17-18-19-20-21-22-24-29-30(27,28)25(23-7-2)26(3,4)5/h12-13,18-19,25H,6-11,14-17,20-24H2,1-5H3/p+1/b13-12-,19-18-. The van der Waals surface area contributed by atoms with Crippen LogP contribution in [0.5, 0.6) is 0 Å². The molecule has 0 fully saturated rings. The van der Waals surface area contributed by atoms with Crippen LogP contribution >= 0.6 is 7.60 Å². The Hall–Kier alpha value is -0.410. The molecule has 0 amide bonds. The summed E-state index contributed by atoms with van der Waals surface area (Å²) in [5, 5.41) is 0. The molecule has 4 nitrogen and oxygen atoms in total. The lowest BCUT2D eigenvalue weighted by Gasteiger charge is -2.35. The zero-order valence-electron chi connectivity index (χ0n) is 20.7. The highest BCUT2D eigenvalue weighted by atomic mass is 31.2. The Bertz CT molecular complexity index is 497. The summed E-state index contributed by atoms with van der Waals surface area (Å²) in [6.07, 6.45) is 25.1. The van der Waals surface area contributed by atoms with E-state index in [0.29, 0.717) is 17.5 Å². The lowest BCUT2D eigenvalue weighted by molar-refractivity contribution is -0.883. The van der Waals surface area contributed by atoms with Gasteiger partial charge in [0.15, 0.2) is 5.78 Å². The zero-order chi connectivity index (χ0) is 22.7. The zero-order valence-corrected chi connectivity index (χ0v) is 21.5. The summed E-state index contributed by atoms with van der Waals surface area (Å²) in [4.78, 5) is 10.4. The maximum absolute atomic E-state index is 12.6. The Balaban J connectivity index is 3.71. The van der Waals surface area contributed by atoms with E-state index in [9.17, 15) is 9.46 Å². The molecule has 0 heterocycles. The maximum Gasteiger partial charge on any atom is 0.385 e. The van der Waals surface area contributed by atoms with Crippen molar-refractivity contribution in [3.05, 3.63) is 24.3 Å². The van der Waals surface area contributed by atoms with Crippen LogP contribution in [0.15, 0.2) is 24.3 Å². The maximum atomic E-state index is 12.6. The highest BCUT2D eigenvalue weighted by molar-refractivity contribution is 7.53. The number of hydrogen-bond acceptors (Lipinski definition) is 2. The van der Waals surface area contributed by atoms with Gasteiger partial charge in [0.2, 0.25) is 0 Å². The molecule has 30 heavy (non-hydrogen) atoms. The molecule has 0 aliphatic carbocycles. The first-order valence-corrected chi connectivity index (χ1v) is 14.0. The fourth-order valence-corrected chi connectivity index (χ4v) is 5.60. The van der Waals surface area contributed by atoms with Crippen molar-refractivity contribution in [3.63, 3.8) is 0 Å². The van der Waals surface area contributed by atoms with Crippen LogP contribution in [0.3, 0.4) is 0 Å². The second-order valence-corrected chi connectivity index (χ2v) is 11.3. The SMILES string of the molecule is CCCCCC/C=C\CCCC/C=C\CCCCOP(=O)(O)C(CCC)[N+](C)(C)C. The smallest absolute Gasteiger partial charge is 0.320 e. The number of quaternary nitrogens is 1. The van der Waals surface area contributed by atoms with E-state index in [2.05, 4.69) is 31.2 Å². The van der Waals surface area contributed by atoms with Gasteiger partial charge in [-0.2, -0.15) is 0 Å². The summed E-state index contributed by atoms with van der Waals surface area (Å²) in [7, 11) is 2.30. The highest BCUT2D eigenvalue weighted by Crippen LogP contribution is 2.51. The molecule has 1 N–H and O–H groups in total. The third-order valence-corrected chi connectivity index (χ3v) is 7.67. The van der Waals surface area contributed by atoms with Crippen LogP contribution in [0.4, 0.5) is 0 Å². The summed E-state index contributed by atoms with van der Waals surface area (Å²) < 4.78 is 18.5. The second kappa shape index (κ2) is 18.2. The van der Waals surface area contributed by atoms with Crippen molar-refractivity contribution in [2.45, 2.75) is 110 Å². The molecular weight excluding hydrogens is 393 g/mol. The fourth-order valence-electron chi connectivity index (χ4n) is 3.58. The van der Waals surface area contributed by atoms with E-state index in [1.165, 1.54) is 51.4 Å². The van der Waals surface area contributed by atoms with Gasteiger partial charge in [-0.15, -0.1) is 0 Å². The Morgan fingerprint density at radius 2 is 1.23 bits per heavy atom. The summed E-state index contributed by atoms with van der Waals surface area (Å²) >= 11 is 0. The summed E-state index contributed by atoms with van der Waals surface area (Å²) in [6.45, 7) is 4.67. The van der Waals surface area contributed by atoms with E-state index in [-0.39, 0.29) is 5.78 Å². The van der Waals surface area contributed by atoms with Gasteiger partial charge >= 0.3 is 7.60 Å². The molecule has 2 unspecified atom stereocenters. The van der Waals surface area contributed by atoms with Gasteiger partial charge in [-0.1, -0.05) is 57.4 Å². The quantitative estimate of drug-likeness (QED) is 0.0900. The molecule has 0 radical (unpaired) electrons. The van der Waals surface area contributed by atoms with Gasteiger partial charge in [0.1, 0.15) is 0 Å². The van der Waals surface area contributed by atoms with Gasteiger partial charge in [0.05, 0.1) is 27.7 Å². The van der Waals surface area contributed by atoms with Crippen molar-refractivity contribution in [1.82, 2.24) is 0 Å². The van der Waals surface area contributed by atoms with Crippen molar-refractivity contribution in [1.29, 1.82) is 0 Å². The van der Waals surface area contributed by atoms with Crippen molar-refractivity contribution in [2.75, 3.05) is 27.7 Å². The van der Waals surface area contributed by atoms with E-state index in [1.807, 2.05) is 28.1 Å². The van der Waals surface area contributed by atoms with Crippen molar-refractivity contribution in [2.24, 2.45) is 0 Å². The highest BCUT2D eigenvalue weighted by Gasteiger charge is 2.41. The molecule has 0 aliphatic rings. The summed E-state index contributed by atoms with van der Waals surface area (Å²) in [6, 6.07) is 0. The van der Waals surface area contributed by atoms with Crippen molar-refractivity contribution in [3.8, 4) is 0 Å². The number of unbranched alkanes of at least 4 members (excludes halogenated alkanes) is 9. The largest absolute Gasteiger partial charge is 0.385 e. The lowest BCUT2D eigenvalue weighted by Crippen LogP contribution is -2.45. The average Bonchev–Trinajstić information content (AvgIpc) is 2.67. The third kappa shape index (κ3) is 16.3. The third-order valence-electron chi connectivity index (χ3n) is 5.41. The topological polar surface area (TPSA) is 46.5 Å². The van der Waals surface area contributed by atoms with Crippen LogP contribution in [-0.4, -0.2) is 42.9 Å². The van der Waals surface area contributed by atoms with Crippen molar-refractivity contribution >= 4 is 7.60 Å². The molecule has 0 bridgehead atoms. The lowest BCUT2D eigenvalue weighted by atomic mass is 10.1. The van der Waals surface area contributed by atoms with Crippen LogP contribution in [0.2, 0.25) is 0 Å². The molecule has 0 spiro atoms. The Morgan fingerprint density at radius 3 is 1.67 bits per heavy atom. The predicted octanol–water partition coefficient (Wildman–Crippen LogP) is 7.83.